The van der Waals surface area contributed by atoms with Crippen LogP contribution in [0, 0.1) is 0 Å². The minimum absolute atomic E-state index is 0.279. The Labute approximate surface area is 77.4 Å². The Morgan fingerprint density at radius 2 is 2.23 bits per heavy atom. The molecule has 4 nitrogen and oxygen atoms in total. The highest BCUT2D eigenvalue weighted by Gasteiger charge is 2.08. The second-order valence-corrected chi connectivity index (χ2v) is 2.62. The lowest BCUT2D eigenvalue weighted by Gasteiger charge is -2.15. The molecule has 0 aromatic carbocycles. The van der Waals surface area contributed by atoms with Crippen molar-refractivity contribution < 1.29 is 0 Å². The van der Waals surface area contributed by atoms with E-state index < -0.39 is 0 Å². The molecular weight excluding hydrogens is 166 g/mol. The summed E-state index contributed by atoms with van der Waals surface area (Å²) in [5.41, 5.74) is 0.828. The van der Waals surface area contributed by atoms with E-state index in [1.165, 1.54) is 0 Å². The van der Waals surface area contributed by atoms with Crippen LogP contribution in [0.1, 0.15) is 25.8 Å². The van der Waals surface area contributed by atoms with Crippen LogP contribution in [-0.2, 0) is 6.42 Å². The molecule has 0 saturated carbocycles. The molecular formula is C9H15N3O. The van der Waals surface area contributed by atoms with Crippen molar-refractivity contribution >= 4 is 5.82 Å². The summed E-state index contributed by atoms with van der Waals surface area (Å²) in [6.45, 7) is 4.94. The zero-order valence-corrected chi connectivity index (χ0v) is 8.05. The van der Waals surface area contributed by atoms with Crippen molar-refractivity contribution in [1.29, 1.82) is 0 Å². The number of aromatic nitrogens is 2. The van der Waals surface area contributed by atoms with E-state index in [4.69, 9.17) is 0 Å². The summed E-state index contributed by atoms with van der Waals surface area (Å²) in [5, 5.41) is 3.11. The van der Waals surface area contributed by atoms with Crippen molar-refractivity contribution in [2.75, 3.05) is 11.9 Å². The van der Waals surface area contributed by atoms with Crippen LogP contribution in [0.25, 0.3) is 0 Å². The third kappa shape index (κ3) is 2.31. The van der Waals surface area contributed by atoms with Crippen molar-refractivity contribution in [3.63, 3.8) is 0 Å². The first-order chi connectivity index (χ1) is 6.36. The van der Waals surface area contributed by atoms with Gasteiger partial charge < -0.3 is 5.32 Å². The molecule has 13 heavy (non-hydrogen) atoms. The van der Waals surface area contributed by atoms with E-state index in [0.717, 1.165) is 30.8 Å². The number of hydrogen-bond donors (Lipinski definition) is 2. The van der Waals surface area contributed by atoms with Gasteiger partial charge in [-0.2, -0.15) is 0 Å². The van der Waals surface area contributed by atoms with Crippen LogP contribution >= 0.6 is 0 Å². The Morgan fingerprint density at radius 1 is 1.46 bits per heavy atom. The largest absolute Gasteiger partial charge is 0.371 e. The maximum Gasteiger partial charge on any atom is 0.346 e. The average Bonchev–Trinajstić information content (AvgIpc) is 2.21. The average molecular weight is 181 g/mol. The Morgan fingerprint density at radius 3 is 3.00 bits per heavy atom. The van der Waals surface area contributed by atoms with Gasteiger partial charge in [-0.1, -0.05) is 13.8 Å². The minimum atomic E-state index is -0.279. The fourth-order valence-electron chi connectivity index (χ4n) is 1.26. The Balaban J connectivity index is 0.000000396. The van der Waals surface area contributed by atoms with E-state index in [-0.39, 0.29) is 5.69 Å². The molecule has 0 bridgehead atoms. The van der Waals surface area contributed by atoms with Gasteiger partial charge in [0.2, 0.25) is 0 Å². The Hall–Kier alpha value is -1.32. The molecule has 1 aromatic rings. The number of H-pyrrole nitrogens is 1. The summed E-state index contributed by atoms with van der Waals surface area (Å²) >= 11 is 0. The summed E-state index contributed by atoms with van der Waals surface area (Å²) in [5.74, 6) is 0.844. The summed E-state index contributed by atoms with van der Waals surface area (Å²) in [4.78, 5) is 17.0. The predicted molar refractivity (Wildman–Crippen MR) is 53.0 cm³/mol. The summed E-state index contributed by atoms with van der Waals surface area (Å²) < 4.78 is 0. The highest BCUT2D eigenvalue weighted by molar-refractivity contribution is 5.43. The molecule has 72 valence electrons. The molecule has 2 heterocycles. The number of aryl methyl sites for hydroxylation is 1. The molecule has 1 aliphatic rings. The van der Waals surface area contributed by atoms with Crippen molar-refractivity contribution in [2.45, 2.75) is 26.7 Å². The highest BCUT2D eigenvalue weighted by atomic mass is 16.1. The molecule has 0 fully saturated rings. The van der Waals surface area contributed by atoms with E-state index in [2.05, 4.69) is 15.3 Å². The van der Waals surface area contributed by atoms with Gasteiger partial charge in [0.15, 0.2) is 0 Å². The van der Waals surface area contributed by atoms with Gasteiger partial charge in [0.25, 0.3) is 0 Å². The molecule has 4 heteroatoms. The van der Waals surface area contributed by atoms with Crippen LogP contribution in [0.5, 0.6) is 0 Å². The van der Waals surface area contributed by atoms with Crippen molar-refractivity contribution in [3.05, 3.63) is 22.2 Å². The van der Waals surface area contributed by atoms with Gasteiger partial charge in [-0.3, -0.25) is 4.98 Å². The van der Waals surface area contributed by atoms with Gasteiger partial charge in [-0.15, -0.1) is 0 Å². The number of fused-ring (bicyclic) bond motifs is 1. The van der Waals surface area contributed by atoms with E-state index >= 15 is 0 Å². The van der Waals surface area contributed by atoms with E-state index in [9.17, 15) is 4.79 Å². The van der Waals surface area contributed by atoms with Gasteiger partial charge in [0.1, 0.15) is 5.82 Å². The molecule has 0 saturated heterocycles. The van der Waals surface area contributed by atoms with Gasteiger partial charge in [-0.05, 0) is 12.8 Å². The normalized spacial score (nSPS) is 13.4. The number of anilines is 1. The first-order valence-corrected chi connectivity index (χ1v) is 4.68. The van der Waals surface area contributed by atoms with Crippen LogP contribution in [0.3, 0.4) is 0 Å². The van der Waals surface area contributed by atoms with Crippen LogP contribution in [-0.4, -0.2) is 16.5 Å². The zero-order valence-electron chi connectivity index (χ0n) is 8.05. The number of nitrogens with zero attached hydrogens (tertiary/aromatic N) is 1. The zero-order chi connectivity index (χ0) is 9.68. The monoisotopic (exact) mass is 181 g/mol. The topological polar surface area (TPSA) is 57.8 Å². The molecule has 2 N–H and O–H groups in total. The number of nitrogens with one attached hydrogen (secondary N) is 2. The van der Waals surface area contributed by atoms with Crippen LogP contribution in [0.2, 0.25) is 0 Å². The lowest BCUT2D eigenvalue weighted by atomic mass is 10.1. The van der Waals surface area contributed by atoms with Gasteiger partial charge >= 0.3 is 5.69 Å². The lowest BCUT2D eigenvalue weighted by molar-refractivity contribution is 0.802. The van der Waals surface area contributed by atoms with Crippen LogP contribution in [0.4, 0.5) is 5.82 Å². The SMILES string of the molecule is CC.O=c1ncc2c([nH]1)NCCC2. The van der Waals surface area contributed by atoms with Gasteiger partial charge in [0, 0.05) is 18.3 Å². The number of hydrogen-bond acceptors (Lipinski definition) is 3. The van der Waals surface area contributed by atoms with Crippen LogP contribution < -0.4 is 11.0 Å². The molecule has 0 spiro atoms. The number of rotatable bonds is 0. The lowest BCUT2D eigenvalue weighted by Crippen LogP contribution is -2.20. The van der Waals surface area contributed by atoms with Crippen molar-refractivity contribution in [2.24, 2.45) is 0 Å². The number of aromatic amines is 1. The Kier molecular flexibility index (Phi) is 3.49. The fraction of sp³-hybridized carbons (Fsp3) is 0.556. The maximum absolute atomic E-state index is 10.7. The molecule has 0 amide bonds. The van der Waals surface area contributed by atoms with E-state index in [0.29, 0.717) is 0 Å². The second kappa shape index (κ2) is 4.64. The second-order valence-electron chi connectivity index (χ2n) is 2.62. The quantitative estimate of drug-likeness (QED) is 0.631. The molecule has 0 atom stereocenters. The standard InChI is InChI=1S/C7H9N3O.C2H6/c11-7-9-4-5-2-1-3-8-6(5)10-7;1-2/h4H,1-3H2,(H2,8,9,10,11);1-2H3. The van der Waals surface area contributed by atoms with E-state index in [1.807, 2.05) is 13.8 Å². The molecule has 0 aliphatic carbocycles. The molecule has 0 radical (unpaired) electrons. The molecule has 1 aromatic heterocycles. The van der Waals surface area contributed by atoms with E-state index in [1.54, 1.807) is 6.20 Å². The summed E-state index contributed by atoms with van der Waals surface area (Å²) in [6.07, 6.45) is 3.76. The molecule has 1 aliphatic heterocycles. The third-order valence-electron chi connectivity index (χ3n) is 1.82. The van der Waals surface area contributed by atoms with Gasteiger partial charge in [0.05, 0.1) is 0 Å². The fourth-order valence-corrected chi connectivity index (χ4v) is 1.26. The summed E-state index contributed by atoms with van der Waals surface area (Å²) in [7, 11) is 0. The van der Waals surface area contributed by atoms with Crippen LogP contribution in [0.15, 0.2) is 11.0 Å². The molecule has 0 unspecified atom stereocenters. The molecule has 2 rings (SSSR count). The smallest absolute Gasteiger partial charge is 0.346 e. The highest BCUT2D eigenvalue weighted by Crippen LogP contribution is 2.14. The Bertz CT molecular complexity index is 319. The first kappa shape index (κ1) is 9.77. The first-order valence-electron chi connectivity index (χ1n) is 4.68. The third-order valence-corrected chi connectivity index (χ3v) is 1.82. The predicted octanol–water partition coefficient (Wildman–Crippen LogP) is 1.15. The van der Waals surface area contributed by atoms with Gasteiger partial charge in [-0.25, -0.2) is 9.78 Å². The minimum Gasteiger partial charge on any atom is -0.371 e. The maximum atomic E-state index is 10.7. The summed E-state index contributed by atoms with van der Waals surface area (Å²) in [6, 6.07) is 0. The van der Waals surface area contributed by atoms with Crippen molar-refractivity contribution in [1.82, 2.24) is 9.97 Å². The van der Waals surface area contributed by atoms with Crippen molar-refractivity contribution in [3.8, 4) is 0 Å².